The van der Waals surface area contributed by atoms with Crippen LogP contribution in [0, 0.1) is 5.41 Å². The molecule has 2 nitrogen and oxygen atoms in total. The van der Waals surface area contributed by atoms with Crippen molar-refractivity contribution in [2.45, 2.75) is 0 Å². The van der Waals surface area contributed by atoms with E-state index in [9.17, 15) is 0 Å². The first-order chi connectivity index (χ1) is 2.41. The van der Waals surface area contributed by atoms with Gasteiger partial charge in [0.1, 0.15) is 0 Å². The van der Waals surface area contributed by atoms with Crippen LogP contribution in [0.5, 0.6) is 0 Å². The molecule has 0 unspecified atom stereocenters. The molecule has 2 N–H and O–H groups in total. The van der Waals surface area contributed by atoms with Gasteiger partial charge in [0.05, 0.1) is 0 Å². The summed E-state index contributed by atoms with van der Waals surface area (Å²) in [6, 6.07) is 0. The Balaban J connectivity index is 2.40. The van der Waals surface area contributed by atoms with Crippen LogP contribution in [0.2, 0.25) is 0 Å². The summed E-state index contributed by atoms with van der Waals surface area (Å²) in [6.07, 6.45) is 1.32. The van der Waals surface area contributed by atoms with Gasteiger partial charge in [0.25, 0.3) is 0 Å². The Bertz CT molecular complexity index is 26.1. The lowest BCUT2D eigenvalue weighted by Crippen LogP contribution is -2.07. The molecule has 0 heterocycles. The van der Waals surface area contributed by atoms with Crippen molar-refractivity contribution in [3.63, 3.8) is 0 Å². The van der Waals surface area contributed by atoms with E-state index in [-0.39, 0.29) is 0 Å². The van der Waals surface area contributed by atoms with E-state index in [1.807, 2.05) is 7.05 Å². The first kappa shape index (κ1) is 4.63. The summed E-state index contributed by atoms with van der Waals surface area (Å²) in [5.74, 6) is 0. The Hall–Kier alpha value is -0.370. The minimum atomic E-state index is 0.681. The van der Waals surface area contributed by atoms with Gasteiger partial charge in [-0.25, -0.2) is 0 Å². The van der Waals surface area contributed by atoms with Crippen molar-refractivity contribution < 1.29 is 0 Å². The van der Waals surface area contributed by atoms with Crippen molar-refractivity contribution in [2.75, 3.05) is 13.6 Å². The van der Waals surface area contributed by atoms with Gasteiger partial charge in [-0.2, -0.15) is 0 Å². The molecular formula is C3H8N2. The topological polar surface area (TPSA) is 35.9 Å². The highest BCUT2D eigenvalue weighted by Crippen LogP contribution is 1.34. The lowest BCUT2D eigenvalue weighted by atomic mass is 10.7. The molecule has 5 heavy (non-hydrogen) atoms. The molecule has 0 aliphatic heterocycles. The monoisotopic (exact) mass is 72.1 g/mol. The van der Waals surface area contributed by atoms with Gasteiger partial charge in [0, 0.05) is 12.8 Å². The minimum absolute atomic E-state index is 0.681. The van der Waals surface area contributed by atoms with Crippen LogP contribution in [-0.2, 0) is 0 Å². The van der Waals surface area contributed by atoms with Crippen LogP contribution < -0.4 is 5.32 Å². The Morgan fingerprint density at radius 2 is 2.60 bits per heavy atom. The molecule has 0 saturated heterocycles. The zero-order chi connectivity index (χ0) is 4.12. The van der Waals surface area contributed by atoms with Gasteiger partial charge >= 0.3 is 0 Å². The maximum atomic E-state index is 6.42. The Morgan fingerprint density at radius 1 is 2.00 bits per heavy atom. The maximum Gasteiger partial charge on any atom is 0.0299 e. The third-order valence-corrected chi connectivity index (χ3v) is 0.306. The fraction of sp³-hybridized carbons (Fsp3) is 0.667. The van der Waals surface area contributed by atoms with Crippen LogP contribution >= 0.6 is 0 Å². The largest absolute Gasteiger partial charge is 0.315 e. The molecule has 0 radical (unpaired) electrons. The lowest BCUT2D eigenvalue weighted by Gasteiger charge is -1.78. The predicted molar refractivity (Wildman–Crippen MR) is 22.7 cm³/mol. The van der Waals surface area contributed by atoms with Crippen molar-refractivity contribution in [1.82, 2.24) is 5.32 Å². The third-order valence-electron chi connectivity index (χ3n) is 0.306. The average molecular weight is 72.1 g/mol. The first-order valence-electron chi connectivity index (χ1n) is 1.55. The molecule has 0 aromatic rings. The second-order valence-corrected chi connectivity index (χ2v) is 0.762. The van der Waals surface area contributed by atoms with Crippen molar-refractivity contribution in [3.8, 4) is 0 Å². The van der Waals surface area contributed by atoms with Gasteiger partial charge in [-0.3, -0.25) is 0 Å². The number of rotatable bonds is 2. The summed E-state index contributed by atoms with van der Waals surface area (Å²) in [6.45, 7) is 0.681. The summed E-state index contributed by atoms with van der Waals surface area (Å²) in [4.78, 5) is 0. The maximum absolute atomic E-state index is 6.42. The highest BCUT2D eigenvalue weighted by atomic mass is 14.8. The van der Waals surface area contributed by atoms with Gasteiger partial charge in [0.2, 0.25) is 0 Å². The van der Waals surface area contributed by atoms with Crippen molar-refractivity contribution in [2.24, 2.45) is 0 Å². The van der Waals surface area contributed by atoms with Crippen molar-refractivity contribution in [3.05, 3.63) is 0 Å². The van der Waals surface area contributed by atoms with Crippen LogP contribution in [0.4, 0.5) is 0 Å². The molecular weight excluding hydrogens is 64.0 g/mol. The first-order valence-corrected chi connectivity index (χ1v) is 1.55. The van der Waals surface area contributed by atoms with Gasteiger partial charge in [0.15, 0.2) is 0 Å². The summed E-state index contributed by atoms with van der Waals surface area (Å²) >= 11 is 0. The van der Waals surface area contributed by atoms with Crippen LogP contribution in [0.3, 0.4) is 0 Å². The number of hydrogen-bond acceptors (Lipinski definition) is 2. The highest BCUT2D eigenvalue weighted by molar-refractivity contribution is 5.55. The molecule has 0 spiro atoms. The van der Waals surface area contributed by atoms with Crippen molar-refractivity contribution in [1.29, 1.82) is 5.41 Å². The van der Waals surface area contributed by atoms with E-state index in [0.29, 0.717) is 6.54 Å². The molecule has 0 aromatic heterocycles. The quantitative estimate of drug-likeness (QED) is 0.437. The molecule has 30 valence electrons. The molecule has 0 saturated carbocycles. The Morgan fingerprint density at radius 3 is 2.60 bits per heavy atom. The standard InChI is InChI=1S/C3H8N2/c1-5-3-2-4/h2,4-5H,3H2,1H3. The lowest BCUT2D eigenvalue weighted by molar-refractivity contribution is 0.954. The molecule has 0 aliphatic rings. The summed E-state index contributed by atoms with van der Waals surface area (Å²) < 4.78 is 0. The highest BCUT2D eigenvalue weighted by Gasteiger charge is 1.58. The average Bonchev–Trinajstić information content (AvgIpc) is 1.41. The Kier molecular flexibility index (Phi) is 3.36. The molecule has 0 bridgehead atoms. The van der Waals surface area contributed by atoms with E-state index >= 15 is 0 Å². The third kappa shape index (κ3) is 3.63. The van der Waals surface area contributed by atoms with E-state index in [4.69, 9.17) is 5.41 Å². The number of hydrogen-bond donors (Lipinski definition) is 2. The van der Waals surface area contributed by atoms with Gasteiger partial charge < -0.3 is 10.7 Å². The predicted octanol–water partition coefficient (Wildman–Crippen LogP) is -0.145. The van der Waals surface area contributed by atoms with E-state index < -0.39 is 0 Å². The SMILES string of the molecule is CNCC=N. The smallest absolute Gasteiger partial charge is 0.0299 e. The molecule has 0 fully saturated rings. The van der Waals surface area contributed by atoms with E-state index in [1.54, 1.807) is 0 Å². The molecule has 0 aliphatic carbocycles. The second-order valence-electron chi connectivity index (χ2n) is 0.762. The fourth-order valence-corrected chi connectivity index (χ4v) is 0.102. The van der Waals surface area contributed by atoms with Crippen LogP contribution in [0.15, 0.2) is 0 Å². The molecule has 0 amide bonds. The number of nitrogens with one attached hydrogen (secondary N) is 2. The summed E-state index contributed by atoms with van der Waals surface area (Å²) in [5, 5.41) is 9.19. The van der Waals surface area contributed by atoms with E-state index in [2.05, 4.69) is 5.32 Å². The van der Waals surface area contributed by atoms with Crippen LogP contribution in [0.25, 0.3) is 0 Å². The second kappa shape index (κ2) is 3.63. The molecule has 2 heteroatoms. The minimum Gasteiger partial charge on any atom is -0.315 e. The van der Waals surface area contributed by atoms with Crippen molar-refractivity contribution >= 4 is 6.21 Å². The van der Waals surface area contributed by atoms with Gasteiger partial charge in [-0.1, -0.05) is 0 Å². The van der Waals surface area contributed by atoms with E-state index in [0.717, 1.165) is 0 Å². The van der Waals surface area contributed by atoms with Crippen LogP contribution in [-0.4, -0.2) is 19.8 Å². The zero-order valence-corrected chi connectivity index (χ0v) is 3.28. The molecule has 0 aromatic carbocycles. The van der Waals surface area contributed by atoms with Gasteiger partial charge in [-0.15, -0.1) is 0 Å². The molecule has 0 atom stereocenters. The molecule has 0 rings (SSSR count). The van der Waals surface area contributed by atoms with Gasteiger partial charge in [-0.05, 0) is 7.05 Å². The zero-order valence-electron chi connectivity index (χ0n) is 3.28. The summed E-state index contributed by atoms with van der Waals surface area (Å²) in [7, 11) is 1.81. The van der Waals surface area contributed by atoms with E-state index in [1.165, 1.54) is 6.21 Å². The Labute approximate surface area is 31.7 Å². The summed E-state index contributed by atoms with van der Waals surface area (Å²) in [5.41, 5.74) is 0. The normalized spacial score (nSPS) is 7.40. The van der Waals surface area contributed by atoms with Crippen LogP contribution in [0.1, 0.15) is 0 Å². The fourth-order valence-electron chi connectivity index (χ4n) is 0.102.